The first-order valence-corrected chi connectivity index (χ1v) is 13.6. The van der Waals surface area contributed by atoms with Crippen molar-refractivity contribution in [3.8, 4) is 0 Å². The molecule has 3 saturated heterocycles. The van der Waals surface area contributed by atoms with Crippen LogP contribution in [0.15, 0.2) is 36.4 Å². The molecular weight excluding hydrogens is 488 g/mol. The zero-order valence-corrected chi connectivity index (χ0v) is 22.4. The van der Waals surface area contributed by atoms with Gasteiger partial charge in [-0.3, -0.25) is 10.2 Å². The predicted molar refractivity (Wildman–Crippen MR) is 145 cm³/mol. The van der Waals surface area contributed by atoms with Gasteiger partial charge in [0, 0.05) is 80.1 Å². The second-order valence-electron chi connectivity index (χ2n) is 11.1. The van der Waals surface area contributed by atoms with E-state index in [9.17, 15) is 4.79 Å². The largest absolute Gasteiger partial charge is 0.369 e. The van der Waals surface area contributed by atoms with Crippen molar-refractivity contribution in [1.82, 2.24) is 31.7 Å². The summed E-state index contributed by atoms with van der Waals surface area (Å²) in [6, 6.07) is 10.3. The Hall–Kier alpha value is -2.63. The van der Waals surface area contributed by atoms with Crippen molar-refractivity contribution >= 4 is 11.6 Å². The van der Waals surface area contributed by atoms with Crippen LogP contribution in [0.3, 0.4) is 0 Å². The minimum atomic E-state index is -0.540. The fraction of sp³-hybridized carbons (Fsp3) is 0.536. The van der Waals surface area contributed by atoms with E-state index in [2.05, 4.69) is 43.6 Å². The number of carbonyl (C=O) groups is 1. The molecule has 0 aromatic heterocycles. The maximum Gasteiger partial charge on any atom is 0.252 e. The first kappa shape index (κ1) is 27.0. The van der Waals surface area contributed by atoms with Gasteiger partial charge in [0.15, 0.2) is 0 Å². The van der Waals surface area contributed by atoms with Crippen LogP contribution < -0.4 is 31.7 Å². The molecule has 0 radical (unpaired) electrons. The van der Waals surface area contributed by atoms with E-state index in [0.717, 1.165) is 31.9 Å². The van der Waals surface area contributed by atoms with E-state index in [1.54, 1.807) is 0 Å². The van der Waals surface area contributed by atoms with E-state index >= 15 is 8.78 Å². The van der Waals surface area contributed by atoms with Crippen molar-refractivity contribution in [1.29, 1.82) is 0 Å². The maximum absolute atomic E-state index is 15.1. The summed E-state index contributed by atoms with van der Waals surface area (Å²) in [5.41, 5.74) is 8.75. The van der Waals surface area contributed by atoms with Crippen molar-refractivity contribution < 1.29 is 13.6 Å². The Morgan fingerprint density at radius 1 is 1.05 bits per heavy atom. The standard InChI is InChI=1S/C28H39F2N7O/c1-17(2)31-15-18-12-22(29)26(23(30)13-18)24-14-21-25(16-32-24)34-35-27(21)33-28(38)19-4-6-20(7-5-19)37-10-8-36(3)9-11-37/h4-7,12-13,17,21,24-25,27,31-32,34-35H,8-11,14-16H2,1-3H3,(H,33,38). The molecule has 4 atom stereocenters. The van der Waals surface area contributed by atoms with E-state index in [1.165, 1.54) is 12.1 Å². The minimum absolute atomic E-state index is 0.0316. The van der Waals surface area contributed by atoms with Crippen LogP contribution in [0.25, 0.3) is 0 Å². The molecule has 1 amide bonds. The highest BCUT2D eigenvalue weighted by Crippen LogP contribution is 2.34. The summed E-state index contributed by atoms with van der Waals surface area (Å²) in [7, 11) is 2.13. The molecule has 8 nitrogen and oxygen atoms in total. The van der Waals surface area contributed by atoms with Gasteiger partial charge >= 0.3 is 0 Å². The van der Waals surface area contributed by atoms with Gasteiger partial charge in [-0.05, 0) is 55.4 Å². The van der Waals surface area contributed by atoms with E-state index < -0.39 is 17.7 Å². The van der Waals surface area contributed by atoms with Gasteiger partial charge in [-0.25, -0.2) is 14.2 Å². The Labute approximate surface area is 223 Å². The van der Waals surface area contributed by atoms with Crippen LogP contribution in [-0.4, -0.2) is 68.8 Å². The lowest BCUT2D eigenvalue weighted by molar-refractivity contribution is 0.0913. The van der Waals surface area contributed by atoms with Crippen LogP contribution in [0.1, 0.15) is 47.8 Å². The van der Waals surface area contributed by atoms with E-state index in [0.29, 0.717) is 30.6 Å². The van der Waals surface area contributed by atoms with Crippen LogP contribution >= 0.6 is 0 Å². The number of benzene rings is 2. The summed E-state index contributed by atoms with van der Waals surface area (Å²) < 4.78 is 30.1. The second kappa shape index (κ2) is 11.6. The smallest absolute Gasteiger partial charge is 0.252 e. The van der Waals surface area contributed by atoms with Crippen molar-refractivity contribution in [2.24, 2.45) is 5.92 Å². The number of hydrogen-bond acceptors (Lipinski definition) is 7. The monoisotopic (exact) mass is 527 g/mol. The molecule has 3 fully saturated rings. The lowest BCUT2D eigenvalue weighted by atomic mass is 9.84. The average molecular weight is 528 g/mol. The Morgan fingerprint density at radius 3 is 2.39 bits per heavy atom. The molecule has 3 aliphatic rings. The van der Waals surface area contributed by atoms with Gasteiger partial charge in [0.1, 0.15) is 11.6 Å². The van der Waals surface area contributed by atoms with Crippen LogP contribution in [0.4, 0.5) is 14.5 Å². The van der Waals surface area contributed by atoms with Gasteiger partial charge < -0.3 is 25.8 Å². The molecule has 2 aromatic rings. The summed E-state index contributed by atoms with van der Waals surface area (Å²) in [4.78, 5) is 17.7. The van der Waals surface area contributed by atoms with Gasteiger partial charge in [-0.1, -0.05) is 13.8 Å². The number of likely N-dealkylation sites (N-methyl/N-ethyl adjacent to an activating group) is 1. The number of anilines is 1. The number of nitrogens with one attached hydrogen (secondary N) is 5. The topological polar surface area (TPSA) is 83.7 Å². The number of carbonyl (C=O) groups excluding carboxylic acids is 1. The second-order valence-corrected chi connectivity index (χ2v) is 11.1. The normalized spacial score (nSPS) is 26.0. The highest BCUT2D eigenvalue weighted by Gasteiger charge is 2.42. The summed E-state index contributed by atoms with van der Waals surface area (Å²) in [6.07, 6.45) is 0.130. The predicted octanol–water partition coefficient (Wildman–Crippen LogP) is 2.10. The summed E-state index contributed by atoms with van der Waals surface area (Å²) >= 11 is 0. The fourth-order valence-corrected chi connectivity index (χ4v) is 5.64. The summed E-state index contributed by atoms with van der Waals surface area (Å²) in [5, 5.41) is 9.56. The van der Waals surface area contributed by atoms with Gasteiger partial charge in [0.25, 0.3) is 5.91 Å². The van der Waals surface area contributed by atoms with Crippen molar-refractivity contribution in [3.63, 3.8) is 0 Å². The zero-order chi connectivity index (χ0) is 26.8. The molecule has 0 spiro atoms. The third kappa shape index (κ3) is 6.00. The van der Waals surface area contributed by atoms with E-state index in [4.69, 9.17) is 0 Å². The number of fused-ring (bicyclic) bond motifs is 1. The highest BCUT2D eigenvalue weighted by molar-refractivity contribution is 5.94. The van der Waals surface area contributed by atoms with E-state index in [-0.39, 0.29) is 35.6 Å². The third-order valence-electron chi connectivity index (χ3n) is 7.95. The number of piperidine rings is 1. The number of piperazine rings is 1. The van der Waals surface area contributed by atoms with Crippen molar-refractivity contribution in [3.05, 3.63) is 64.7 Å². The Bertz CT molecular complexity index is 1100. The third-order valence-corrected chi connectivity index (χ3v) is 7.95. The Morgan fingerprint density at radius 2 is 1.74 bits per heavy atom. The molecule has 3 heterocycles. The molecule has 5 N–H and O–H groups in total. The molecule has 3 aliphatic heterocycles. The van der Waals surface area contributed by atoms with Crippen molar-refractivity contribution in [2.45, 2.75) is 51.1 Å². The zero-order valence-electron chi connectivity index (χ0n) is 22.4. The number of amides is 1. The molecule has 0 bridgehead atoms. The number of halogens is 2. The Balaban J connectivity index is 1.22. The number of rotatable bonds is 7. The van der Waals surface area contributed by atoms with Gasteiger partial charge in [0.2, 0.25) is 0 Å². The number of nitrogens with zero attached hydrogens (tertiary/aromatic N) is 2. The number of hydrogen-bond donors (Lipinski definition) is 5. The van der Waals surface area contributed by atoms with Gasteiger partial charge in [0.05, 0.1) is 6.17 Å². The SMILES string of the molecule is CC(C)NCc1cc(F)c(C2CC3C(CN2)NNC3NC(=O)c2ccc(N3CCN(C)CC3)cc2)c(F)c1. The Kier molecular flexibility index (Phi) is 8.25. The summed E-state index contributed by atoms with van der Waals surface area (Å²) in [6.45, 7) is 8.91. The van der Waals surface area contributed by atoms with Crippen LogP contribution in [0, 0.1) is 17.6 Å². The first-order chi connectivity index (χ1) is 18.3. The summed E-state index contributed by atoms with van der Waals surface area (Å²) in [5.74, 6) is -1.29. The molecule has 0 aliphatic carbocycles. The fourth-order valence-electron chi connectivity index (χ4n) is 5.64. The van der Waals surface area contributed by atoms with Crippen LogP contribution in [0.2, 0.25) is 0 Å². The molecule has 38 heavy (non-hydrogen) atoms. The first-order valence-electron chi connectivity index (χ1n) is 13.6. The molecule has 10 heteroatoms. The highest BCUT2D eigenvalue weighted by atomic mass is 19.1. The van der Waals surface area contributed by atoms with Crippen LogP contribution in [-0.2, 0) is 6.54 Å². The van der Waals surface area contributed by atoms with Crippen molar-refractivity contribution in [2.75, 3.05) is 44.7 Å². The molecule has 2 aromatic carbocycles. The molecule has 0 saturated carbocycles. The van der Waals surface area contributed by atoms with Gasteiger partial charge in [-0.15, -0.1) is 0 Å². The van der Waals surface area contributed by atoms with E-state index in [1.807, 2.05) is 38.1 Å². The average Bonchev–Trinajstić information content (AvgIpc) is 3.29. The lowest BCUT2D eigenvalue weighted by Crippen LogP contribution is -2.50. The number of hydrazine groups is 1. The van der Waals surface area contributed by atoms with Gasteiger partial charge in [-0.2, -0.15) is 0 Å². The maximum atomic E-state index is 15.1. The molecule has 4 unspecified atom stereocenters. The molecule has 206 valence electrons. The minimum Gasteiger partial charge on any atom is -0.369 e. The lowest BCUT2D eigenvalue weighted by Gasteiger charge is -2.35. The van der Waals surface area contributed by atoms with Crippen LogP contribution in [0.5, 0.6) is 0 Å². The molecule has 5 rings (SSSR count). The molecular formula is C28H39F2N7O. The quantitative estimate of drug-likeness (QED) is 0.377.